The van der Waals surface area contributed by atoms with Crippen LogP contribution in [0.15, 0.2) is 42.4 Å². The van der Waals surface area contributed by atoms with Crippen molar-refractivity contribution in [1.82, 2.24) is 5.32 Å². The van der Waals surface area contributed by atoms with Crippen LogP contribution in [-0.4, -0.2) is 26.3 Å². The van der Waals surface area contributed by atoms with E-state index in [0.29, 0.717) is 0 Å². The highest BCUT2D eigenvalue weighted by atomic mass is 19.1. The molecule has 24 heavy (non-hydrogen) atoms. The molecule has 2 aliphatic heterocycles. The summed E-state index contributed by atoms with van der Waals surface area (Å²) in [6.07, 6.45) is -0.781. The van der Waals surface area contributed by atoms with Gasteiger partial charge in [0.25, 0.3) is 0 Å². The maximum absolute atomic E-state index is 14.1. The van der Waals surface area contributed by atoms with Crippen LogP contribution in [0.1, 0.15) is 33.0 Å². The van der Waals surface area contributed by atoms with Gasteiger partial charge in [0.1, 0.15) is 14.3 Å². The number of nitrogens with one attached hydrogen (secondary N) is 1. The van der Waals surface area contributed by atoms with E-state index in [0.717, 1.165) is 0 Å². The molecule has 0 aromatic heterocycles. The van der Waals surface area contributed by atoms with Crippen LogP contribution in [0.4, 0.5) is 4.39 Å². The van der Waals surface area contributed by atoms with Crippen LogP contribution in [0.25, 0.3) is 0 Å². The Labute approximate surface area is 156 Å². The van der Waals surface area contributed by atoms with Crippen LogP contribution in [0, 0.1) is 11.7 Å². The van der Waals surface area contributed by atoms with Crippen LogP contribution >= 0.6 is 0 Å². The van der Waals surface area contributed by atoms with E-state index < -0.39 is 80.1 Å². The lowest BCUT2D eigenvalue weighted by molar-refractivity contribution is 0.173. The predicted octanol–water partition coefficient (Wildman–Crippen LogP) is 3.33. The van der Waals surface area contributed by atoms with Crippen molar-refractivity contribution >= 4 is 0 Å². The molecule has 1 fully saturated rings. The van der Waals surface area contributed by atoms with E-state index in [4.69, 9.17) is 29.3 Å². The molecule has 1 saturated heterocycles. The summed E-state index contributed by atoms with van der Waals surface area (Å²) in [6, 6.07) is -0.151. The monoisotopic (exact) mass is 340 g/mol. The number of benzene rings is 2. The van der Waals surface area contributed by atoms with Gasteiger partial charge in [0.2, 0.25) is 6.75 Å². The van der Waals surface area contributed by atoms with Crippen molar-refractivity contribution in [3.8, 4) is 17.2 Å². The minimum Gasteiger partial charge on any atom is -0.493 e. The quantitative estimate of drug-likeness (QED) is 0.927. The molecule has 5 heteroatoms. The van der Waals surface area contributed by atoms with E-state index in [-0.39, 0.29) is 17.2 Å². The Kier molecular flexibility index (Phi) is 2.04. The number of fused-ring (bicyclic) bond motifs is 1. The summed E-state index contributed by atoms with van der Waals surface area (Å²) in [5.41, 5.74) is -0.643. The number of rotatable bonds is 4. The maximum Gasteiger partial charge on any atom is 0.231 e. The summed E-state index contributed by atoms with van der Waals surface area (Å²) >= 11 is 0. The van der Waals surface area contributed by atoms with Gasteiger partial charge in [-0.25, -0.2) is 4.39 Å². The molecule has 2 aromatic carbocycles. The third-order valence-electron chi connectivity index (χ3n) is 3.58. The maximum atomic E-state index is 14.1. The number of halogens is 1. The Morgan fingerprint density at radius 3 is 3.04 bits per heavy atom. The normalized spacial score (nSPS) is 36.9. The van der Waals surface area contributed by atoms with Crippen LogP contribution in [0.2, 0.25) is 0 Å². The average molecular weight is 340 g/mol. The average Bonchev–Trinajstić information content (AvgIpc) is 3.02. The fraction of sp³-hybridized carbons (Fsp3) is 0.368. The Morgan fingerprint density at radius 1 is 1.33 bits per heavy atom. The van der Waals surface area contributed by atoms with Crippen LogP contribution < -0.4 is 19.5 Å². The summed E-state index contributed by atoms with van der Waals surface area (Å²) in [5, 5.41) is 2.47. The molecule has 0 bridgehead atoms. The van der Waals surface area contributed by atoms with Gasteiger partial charge in [-0.05, 0) is 48.6 Å². The SMILES string of the molecule is [2H]c1c([2H])c([C@]2([2H])CC([2H])([2H])NCC2C([2H])([2H])Oc2ccc3c(c2)OC([2H])([2H])O3)c([2H])c([2H])c1F. The van der Waals surface area contributed by atoms with Gasteiger partial charge in [0, 0.05) is 22.6 Å². The van der Waals surface area contributed by atoms with E-state index in [1.54, 1.807) is 0 Å². The van der Waals surface area contributed by atoms with Crippen LogP contribution in [0.5, 0.6) is 17.2 Å². The first-order chi connectivity index (χ1) is 16.0. The smallest absolute Gasteiger partial charge is 0.231 e. The lowest BCUT2D eigenvalue weighted by atomic mass is 9.81. The predicted molar refractivity (Wildman–Crippen MR) is 88.2 cm³/mol. The molecule has 126 valence electrons. The van der Waals surface area contributed by atoms with E-state index in [2.05, 4.69) is 5.32 Å². The second kappa shape index (κ2) is 6.69. The van der Waals surface area contributed by atoms with Gasteiger partial charge in [0.05, 0.1) is 14.8 Å². The molecule has 1 N–H and O–H groups in total. The third-order valence-corrected chi connectivity index (χ3v) is 3.58. The molecule has 2 aliphatic rings. The Morgan fingerprint density at radius 2 is 2.17 bits per heavy atom. The highest BCUT2D eigenvalue weighted by Gasteiger charge is 2.27. The second-order valence-corrected chi connectivity index (χ2v) is 5.12. The summed E-state index contributed by atoms with van der Waals surface area (Å²) in [7, 11) is 0. The number of ether oxygens (including phenoxy) is 3. The van der Waals surface area contributed by atoms with Gasteiger partial charge in [0.15, 0.2) is 11.5 Å². The van der Waals surface area contributed by atoms with Gasteiger partial charge < -0.3 is 19.5 Å². The first-order valence-electron chi connectivity index (χ1n) is 12.7. The van der Waals surface area contributed by atoms with Gasteiger partial charge in [-0.3, -0.25) is 0 Å². The summed E-state index contributed by atoms with van der Waals surface area (Å²) < 4.78 is 119. The second-order valence-electron chi connectivity index (χ2n) is 5.12. The minimum atomic E-state index is -2.75. The van der Waals surface area contributed by atoms with Crippen LogP contribution in [0.3, 0.4) is 0 Å². The fourth-order valence-corrected chi connectivity index (χ4v) is 2.38. The van der Waals surface area contributed by atoms with Gasteiger partial charge in [-0.1, -0.05) is 12.1 Å². The van der Waals surface area contributed by atoms with Crippen molar-refractivity contribution in [2.45, 2.75) is 12.3 Å². The zero-order valence-electron chi connectivity index (χ0n) is 23.3. The first-order valence-corrected chi connectivity index (χ1v) is 7.20. The molecule has 0 spiro atoms. The molecule has 2 aromatic rings. The van der Waals surface area contributed by atoms with Crippen molar-refractivity contribution in [2.75, 3.05) is 26.3 Å². The number of hydrogen-bond donors (Lipinski definition) is 1. The fourth-order valence-electron chi connectivity index (χ4n) is 2.38. The van der Waals surface area contributed by atoms with E-state index in [1.165, 1.54) is 18.2 Å². The molecular weight excluding hydrogens is 309 g/mol. The number of piperidine rings is 1. The van der Waals surface area contributed by atoms with Gasteiger partial charge >= 0.3 is 0 Å². The Balaban J connectivity index is 1.77. The molecule has 0 amide bonds. The lowest BCUT2D eigenvalue weighted by Crippen LogP contribution is -2.38. The first kappa shape index (κ1) is 7.31. The largest absolute Gasteiger partial charge is 0.493 e. The molecule has 4 nitrogen and oxygen atoms in total. The van der Waals surface area contributed by atoms with Gasteiger partial charge in [-0.2, -0.15) is 0 Å². The highest BCUT2D eigenvalue weighted by Crippen LogP contribution is 2.36. The van der Waals surface area contributed by atoms with Crippen LogP contribution in [-0.2, 0) is 0 Å². The summed E-state index contributed by atoms with van der Waals surface area (Å²) in [6.45, 7) is -7.91. The molecule has 2 heterocycles. The topological polar surface area (TPSA) is 39.7 Å². The Bertz CT molecular complexity index is 1170. The van der Waals surface area contributed by atoms with E-state index >= 15 is 0 Å². The minimum absolute atomic E-state index is 0.0558. The molecule has 0 radical (unpaired) electrons. The molecular formula is C19H20FNO3. The van der Waals surface area contributed by atoms with Crippen molar-refractivity contribution < 1.29 is 33.7 Å². The zero-order chi connectivity index (χ0) is 26.1. The van der Waals surface area contributed by atoms with Gasteiger partial charge in [-0.15, -0.1) is 0 Å². The van der Waals surface area contributed by atoms with Crippen molar-refractivity contribution in [2.24, 2.45) is 5.92 Å². The molecule has 1 unspecified atom stereocenters. The van der Waals surface area contributed by atoms with Crippen molar-refractivity contribution in [3.63, 3.8) is 0 Å². The Hall–Kier alpha value is -2.27. The zero-order valence-corrected chi connectivity index (χ0v) is 12.3. The summed E-state index contributed by atoms with van der Waals surface area (Å²) in [5.74, 6) is -5.56. The van der Waals surface area contributed by atoms with E-state index in [1.807, 2.05) is 0 Å². The van der Waals surface area contributed by atoms with E-state index in [9.17, 15) is 4.39 Å². The summed E-state index contributed by atoms with van der Waals surface area (Å²) in [4.78, 5) is 0. The molecule has 0 saturated carbocycles. The van der Waals surface area contributed by atoms with Crippen molar-refractivity contribution in [1.29, 1.82) is 0 Å². The number of hydrogen-bond acceptors (Lipinski definition) is 4. The standard InChI is InChI=1S/C19H20FNO3/c20-15-3-1-13(2-4-15)17-7-8-21-10-14(17)11-22-16-5-6-18-19(9-16)24-12-23-18/h1-6,9,14,17,21H,7-8,10-12H2/t14?,17-/m0/s1/i1D,2D,3D,4D,8D2,11D2,12D2,17D. The molecule has 2 atom stereocenters. The van der Waals surface area contributed by atoms with Crippen molar-refractivity contribution in [3.05, 3.63) is 53.7 Å². The lowest BCUT2D eigenvalue weighted by Gasteiger charge is -2.32. The third kappa shape index (κ3) is 3.17. The molecule has 0 aliphatic carbocycles. The highest BCUT2D eigenvalue weighted by molar-refractivity contribution is 5.46. The molecule has 4 rings (SSSR count).